The molecule has 0 saturated heterocycles. The highest BCUT2D eigenvalue weighted by molar-refractivity contribution is 6.09. The van der Waals surface area contributed by atoms with E-state index in [0.717, 1.165) is 35.1 Å². The van der Waals surface area contributed by atoms with Crippen molar-refractivity contribution in [1.82, 2.24) is 0 Å². The summed E-state index contributed by atoms with van der Waals surface area (Å²) in [6.07, 6.45) is 5.93. The zero-order valence-corrected chi connectivity index (χ0v) is 13.7. The topological polar surface area (TPSA) is 34.1 Å². The van der Waals surface area contributed by atoms with Gasteiger partial charge in [-0.25, -0.2) is 0 Å². The van der Waals surface area contributed by atoms with Gasteiger partial charge in [-0.05, 0) is 62.5 Å². The van der Waals surface area contributed by atoms with Crippen molar-refractivity contribution >= 4 is 11.6 Å². The monoisotopic (exact) mass is 296 g/mol. The molecule has 5 atom stereocenters. The molecule has 2 nitrogen and oxygen atoms in total. The van der Waals surface area contributed by atoms with E-state index in [9.17, 15) is 9.59 Å². The van der Waals surface area contributed by atoms with Crippen LogP contribution in [0.2, 0.25) is 0 Å². The van der Waals surface area contributed by atoms with Crippen LogP contribution in [0, 0.1) is 29.6 Å². The Morgan fingerprint density at radius 3 is 2.36 bits per heavy atom. The molecule has 3 aliphatic carbocycles. The predicted octanol–water partition coefficient (Wildman–Crippen LogP) is 4.05. The van der Waals surface area contributed by atoms with Crippen LogP contribution in [0.25, 0.3) is 0 Å². The van der Waals surface area contributed by atoms with E-state index in [1.165, 1.54) is 0 Å². The van der Waals surface area contributed by atoms with Gasteiger partial charge in [0.25, 0.3) is 0 Å². The van der Waals surface area contributed by atoms with Gasteiger partial charge >= 0.3 is 0 Å². The van der Waals surface area contributed by atoms with Crippen molar-refractivity contribution < 1.29 is 9.59 Å². The molecule has 3 aliphatic rings. The van der Waals surface area contributed by atoms with Crippen LogP contribution in [0.1, 0.15) is 33.6 Å². The summed E-state index contributed by atoms with van der Waals surface area (Å²) in [5.74, 6) is 0.299. The van der Waals surface area contributed by atoms with Crippen LogP contribution < -0.4 is 0 Å². The van der Waals surface area contributed by atoms with Crippen molar-refractivity contribution in [2.24, 2.45) is 29.6 Å². The molecule has 1 fully saturated rings. The molecule has 0 spiro atoms. The standard InChI is InChI=1S/C20H24O2/c1-10(2)14-7-6-11(3)17-15(14)8-12(4)19(21)16-9-13(5)20(22)18(16)17/h8-9,14-18H,1,3,6-7H2,2,4-5H3/t14-,15?,16+,17?,18+/m1/s1. The molecule has 3 rings (SSSR count). The highest BCUT2D eigenvalue weighted by Crippen LogP contribution is 2.51. The molecule has 0 aromatic rings. The van der Waals surface area contributed by atoms with E-state index >= 15 is 0 Å². The number of carbonyl (C=O) groups is 2. The fraction of sp³-hybridized carbons (Fsp3) is 0.500. The Balaban J connectivity index is 2.14. The van der Waals surface area contributed by atoms with Gasteiger partial charge in [0, 0.05) is 5.92 Å². The number of fused-ring (bicyclic) bond motifs is 3. The second kappa shape index (κ2) is 5.19. The van der Waals surface area contributed by atoms with Crippen LogP contribution in [0.3, 0.4) is 0 Å². The molecule has 2 heteroatoms. The molecular formula is C20H24O2. The molecule has 0 aromatic heterocycles. The Kier molecular flexibility index (Phi) is 3.58. The number of ketones is 2. The first-order valence-corrected chi connectivity index (χ1v) is 8.11. The molecule has 116 valence electrons. The lowest BCUT2D eigenvalue weighted by molar-refractivity contribution is -0.126. The number of Topliss-reactive ketones (excluding diaryl/α,β-unsaturated/α-hetero) is 2. The molecule has 22 heavy (non-hydrogen) atoms. The summed E-state index contributed by atoms with van der Waals surface area (Å²) in [5, 5.41) is 0. The van der Waals surface area contributed by atoms with Crippen LogP contribution in [-0.2, 0) is 9.59 Å². The second-order valence-corrected chi connectivity index (χ2v) is 7.23. The number of carbonyl (C=O) groups excluding carboxylic acids is 2. The van der Waals surface area contributed by atoms with Gasteiger partial charge in [-0.1, -0.05) is 36.5 Å². The molecule has 0 aliphatic heterocycles. The Morgan fingerprint density at radius 2 is 1.73 bits per heavy atom. The van der Waals surface area contributed by atoms with Crippen LogP contribution >= 0.6 is 0 Å². The molecule has 0 heterocycles. The lowest BCUT2D eigenvalue weighted by Gasteiger charge is -2.41. The SMILES string of the molecule is C=C1CC[C@H](C(=C)C)C2C=C(C)C(=O)[C@H]3C=C(C)C(=O)[C@@H]3C12. The normalized spacial score (nSPS) is 38.0. The van der Waals surface area contributed by atoms with Gasteiger partial charge in [-0.3, -0.25) is 9.59 Å². The van der Waals surface area contributed by atoms with Crippen molar-refractivity contribution in [2.45, 2.75) is 33.6 Å². The lowest BCUT2D eigenvalue weighted by Crippen LogP contribution is -2.38. The molecule has 0 bridgehead atoms. The predicted molar refractivity (Wildman–Crippen MR) is 88.2 cm³/mol. The first-order chi connectivity index (χ1) is 10.3. The van der Waals surface area contributed by atoms with E-state index in [4.69, 9.17) is 0 Å². The fourth-order valence-corrected chi connectivity index (χ4v) is 4.65. The van der Waals surface area contributed by atoms with Gasteiger partial charge in [0.05, 0.1) is 5.92 Å². The lowest BCUT2D eigenvalue weighted by atomic mass is 9.62. The van der Waals surface area contributed by atoms with Crippen molar-refractivity contribution in [2.75, 3.05) is 0 Å². The number of hydrogen-bond acceptors (Lipinski definition) is 2. The third-order valence-corrected chi connectivity index (χ3v) is 5.79. The molecular weight excluding hydrogens is 272 g/mol. The summed E-state index contributed by atoms with van der Waals surface area (Å²) in [6.45, 7) is 14.2. The molecule has 0 aromatic carbocycles. The zero-order valence-electron chi connectivity index (χ0n) is 13.7. The van der Waals surface area contributed by atoms with Crippen LogP contribution in [0.4, 0.5) is 0 Å². The van der Waals surface area contributed by atoms with Crippen molar-refractivity contribution in [1.29, 1.82) is 0 Å². The van der Waals surface area contributed by atoms with E-state index < -0.39 is 0 Å². The summed E-state index contributed by atoms with van der Waals surface area (Å²) in [7, 11) is 0. The van der Waals surface area contributed by atoms with E-state index in [-0.39, 0.29) is 35.2 Å². The molecule has 0 radical (unpaired) electrons. The summed E-state index contributed by atoms with van der Waals surface area (Å²) >= 11 is 0. The Bertz CT molecular complexity index is 647. The zero-order chi connectivity index (χ0) is 16.2. The minimum absolute atomic E-state index is 0.0723. The van der Waals surface area contributed by atoms with Gasteiger partial charge in [-0.15, -0.1) is 0 Å². The van der Waals surface area contributed by atoms with Gasteiger partial charge in [-0.2, -0.15) is 0 Å². The number of allylic oxidation sites excluding steroid dienone is 6. The van der Waals surface area contributed by atoms with E-state index in [1.54, 1.807) is 0 Å². The fourth-order valence-electron chi connectivity index (χ4n) is 4.65. The quantitative estimate of drug-likeness (QED) is 0.684. The summed E-state index contributed by atoms with van der Waals surface area (Å²) in [6, 6.07) is 0. The average molecular weight is 296 g/mol. The van der Waals surface area contributed by atoms with Crippen molar-refractivity contribution in [3.63, 3.8) is 0 Å². The molecule has 2 unspecified atom stereocenters. The highest BCUT2D eigenvalue weighted by Gasteiger charge is 2.50. The summed E-state index contributed by atoms with van der Waals surface area (Å²) in [5.41, 5.74) is 3.81. The highest BCUT2D eigenvalue weighted by atomic mass is 16.1. The minimum Gasteiger partial charge on any atom is -0.294 e. The third-order valence-electron chi connectivity index (χ3n) is 5.79. The van der Waals surface area contributed by atoms with Gasteiger partial charge in [0.15, 0.2) is 11.6 Å². The van der Waals surface area contributed by atoms with Gasteiger partial charge < -0.3 is 0 Å². The Morgan fingerprint density at radius 1 is 1.09 bits per heavy atom. The maximum Gasteiger partial charge on any atom is 0.165 e. The smallest absolute Gasteiger partial charge is 0.165 e. The molecule has 0 N–H and O–H groups in total. The largest absolute Gasteiger partial charge is 0.294 e. The van der Waals surface area contributed by atoms with E-state index in [1.807, 2.05) is 19.9 Å². The minimum atomic E-state index is -0.292. The van der Waals surface area contributed by atoms with Crippen molar-refractivity contribution in [3.8, 4) is 0 Å². The Hall–Kier alpha value is -1.70. The van der Waals surface area contributed by atoms with E-state index in [0.29, 0.717) is 5.92 Å². The van der Waals surface area contributed by atoms with Crippen LogP contribution in [-0.4, -0.2) is 11.6 Å². The van der Waals surface area contributed by atoms with Gasteiger partial charge in [0.1, 0.15) is 0 Å². The number of hydrogen-bond donors (Lipinski definition) is 0. The average Bonchev–Trinajstić information content (AvgIpc) is 2.68. The summed E-state index contributed by atoms with van der Waals surface area (Å²) in [4.78, 5) is 25.4. The number of rotatable bonds is 1. The van der Waals surface area contributed by atoms with Crippen LogP contribution in [0.15, 0.2) is 47.6 Å². The molecule has 0 amide bonds. The second-order valence-electron chi connectivity index (χ2n) is 7.23. The Labute approximate surface area is 132 Å². The molecule has 1 saturated carbocycles. The maximum absolute atomic E-state index is 12.7. The maximum atomic E-state index is 12.7. The first kappa shape index (κ1) is 15.2. The van der Waals surface area contributed by atoms with Crippen molar-refractivity contribution in [3.05, 3.63) is 47.6 Å². The summed E-state index contributed by atoms with van der Waals surface area (Å²) < 4.78 is 0. The third kappa shape index (κ3) is 2.08. The van der Waals surface area contributed by atoms with E-state index in [2.05, 4.69) is 26.2 Å². The van der Waals surface area contributed by atoms with Gasteiger partial charge in [0.2, 0.25) is 0 Å². The first-order valence-electron chi connectivity index (χ1n) is 8.11. The van der Waals surface area contributed by atoms with Crippen LogP contribution in [0.5, 0.6) is 0 Å².